The van der Waals surface area contributed by atoms with E-state index in [2.05, 4.69) is 15.2 Å². The fourth-order valence-electron chi connectivity index (χ4n) is 3.62. The Labute approximate surface area is 226 Å². The number of halogens is 3. The fourth-order valence-corrected chi connectivity index (χ4v) is 4.80. The zero-order valence-corrected chi connectivity index (χ0v) is 21.6. The van der Waals surface area contributed by atoms with Gasteiger partial charge in [0, 0.05) is 13.1 Å². The third kappa shape index (κ3) is 8.63. The number of carboxylic acid groups (broad SMARTS) is 1. The van der Waals surface area contributed by atoms with E-state index < -0.39 is 50.5 Å². The van der Waals surface area contributed by atoms with Crippen molar-refractivity contribution in [2.75, 3.05) is 19.1 Å². The normalized spacial score (nSPS) is 13.4. The van der Waals surface area contributed by atoms with Crippen LogP contribution in [-0.2, 0) is 26.0 Å². The van der Waals surface area contributed by atoms with Crippen LogP contribution in [0.15, 0.2) is 52.4 Å². The van der Waals surface area contributed by atoms with Crippen molar-refractivity contribution < 1.29 is 50.5 Å². The average molecular weight is 590 g/mol. The van der Waals surface area contributed by atoms with E-state index in [1.165, 1.54) is 0 Å². The summed E-state index contributed by atoms with van der Waals surface area (Å²) in [6, 6.07) is 6.59. The van der Waals surface area contributed by atoms with E-state index in [0.29, 0.717) is 22.1 Å². The van der Waals surface area contributed by atoms with Crippen molar-refractivity contribution in [2.45, 2.75) is 36.7 Å². The second-order valence-corrected chi connectivity index (χ2v) is 10.4. The highest BCUT2D eigenvalue weighted by Crippen LogP contribution is 2.32. The van der Waals surface area contributed by atoms with Crippen molar-refractivity contribution in [3.05, 3.63) is 48.0 Å². The highest BCUT2D eigenvalue weighted by Gasteiger charge is 2.34. The monoisotopic (exact) mass is 589 g/mol. The maximum atomic E-state index is 13.2. The Morgan fingerprint density at radius 2 is 1.80 bits per heavy atom. The van der Waals surface area contributed by atoms with E-state index in [-0.39, 0.29) is 38.7 Å². The number of nitrogens with zero attached hydrogens (tertiary/aromatic N) is 2. The van der Waals surface area contributed by atoms with Gasteiger partial charge in [0.05, 0.1) is 4.90 Å². The SMILES string of the molecule is NC(N)=NCCC[C@@H](C(=O)O)N(NCc1ccc2c(c1)OCO2)C(=O)CS(=O)(=O)c1ccc(OC(F)(F)F)cc1. The Hall–Kier alpha value is -4.25. The first kappa shape index (κ1) is 30.3. The lowest BCUT2D eigenvalue weighted by molar-refractivity contribution is -0.274. The smallest absolute Gasteiger partial charge is 0.480 e. The number of sulfone groups is 1. The molecule has 0 radical (unpaired) electrons. The Morgan fingerprint density at radius 3 is 2.42 bits per heavy atom. The molecule has 0 aliphatic carbocycles. The number of nitrogens with one attached hydrogen (secondary N) is 1. The molecule has 0 unspecified atom stereocenters. The quantitative estimate of drug-likeness (QED) is 0.113. The van der Waals surface area contributed by atoms with Crippen LogP contribution in [0.25, 0.3) is 0 Å². The number of benzene rings is 2. The standard InChI is InChI=1S/C23H26F3N5O8S/c24-23(25,26)39-15-4-6-16(7-5-15)40(35,36)12-20(32)31(17(21(33)34)2-1-9-29-22(27)28)30-11-14-3-8-18-19(10-14)38-13-37-18/h3-8,10,17,30H,1-2,9,11-13H2,(H,33,34)(H4,27,28,29)/t17-/m0/s1. The number of guanidine groups is 1. The van der Waals surface area contributed by atoms with Gasteiger partial charge in [0.25, 0.3) is 5.91 Å². The predicted molar refractivity (Wildman–Crippen MR) is 133 cm³/mol. The first-order valence-corrected chi connectivity index (χ1v) is 13.2. The highest BCUT2D eigenvalue weighted by atomic mass is 32.2. The van der Waals surface area contributed by atoms with Crippen LogP contribution in [0.3, 0.4) is 0 Å². The number of rotatable bonds is 13. The van der Waals surface area contributed by atoms with Gasteiger partial charge in [-0.05, 0) is 54.8 Å². The van der Waals surface area contributed by atoms with Gasteiger partial charge < -0.3 is 30.8 Å². The topological polar surface area (TPSA) is 196 Å². The minimum atomic E-state index is -4.98. The lowest BCUT2D eigenvalue weighted by Crippen LogP contribution is -2.54. The molecule has 2 aromatic carbocycles. The Bertz CT molecular complexity index is 1350. The summed E-state index contributed by atoms with van der Waals surface area (Å²) in [6.07, 6.45) is -4.99. The van der Waals surface area contributed by atoms with Crippen LogP contribution in [0.1, 0.15) is 18.4 Å². The maximum Gasteiger partial charge on any atom is 0.573 e. The van der Waals surface area contributed by atoms with E-state index in [0.717, 1.165) is 24.3 Å². The minimum absolute atomic E-state index is 0.0227. The van der Waals surface area contributed by atoms with Crippen LogP contribution >= 0.6 is 0 Å². The predicted octanol–water partition coefficient (Wildman–Crippen LogP) is 1.13. The van der Waals surface area contributed by atoms with Gasteiger partial charge in [-0.2, -0.15) is 0 Å². The number of amides is 1. The molecule has 218 valence electrons. The fraction of sp³-hybridized carbons (Fsp3) is 0.348. The number of aliphatic carboxylic acids is 1. The number of hydrogen-bond acceptors (Lipinski definition) is 9. The van der Waals surface area contributed by atoms with Crippen molar-refractivity contribution in [3.8, 4) is 17.2 Å². The van der Waals surface area contributed by atoms with Gasteiger partial charge in [-0.25, -0.2) is 18.6 Å². The average Bonchev–Trinajstić information content (AvgIpc) is 3.32. The number of fused-ring (bicyclic) bond motifs is 1. The summed E-state index contributed by atoms with van der Waals surface area (Å²) < 4.78 is 77.3. The molecule has 1 aliphatic heterocycles. The molecule has 0 saturated carbocycles. The van der Waals surface area contributed by atoms with Gasteiger partial charge >= 0.3 is 12.3 Å². The van der Waals surface area contributed by atoms with E-state index in [1.807, 2.05) is 0 Å². The van der Waals surface area contributed by atoms with Crippen LogP contribution < -0.4 is 31.1 Å². The molecule has 0 bridgehead atoms. The Balaban J connectivity index is 1.80. The molecule has 17 heteroatoms. The van der Waals surface area contributed by atoms with Crippen molar-refractivity contribution in [1.82, 2.24) is 10.4 Å². The molecule has 3 rings (SSSR count). The second kappa shape index (κ2) is 12.7. The first-order chi connectivity index (χ1) is 18.7. The lowest BCUT2D eigenvalue weighted by atomic mass is 10.1. The van der Waals surface area contributed by atoms with Gasteiger partial charge in [-0.1, -0.05) is 6.07 Å². The van der Waals surface area contributed by atoms with E-state index in [4.69, 9.17) is 20.9 Å². The number of aliphatic imine (C=N–C) groups is 1. The first-order valence-electron chi connectivity index (χ1n) is 11.6. The summed E-state index contributed by atoms with van der Waals surface area (Å²) in [4.78, 5) is 28.6. The molecule has 40 heavy (non-hydrogen) atoms. The van der Waals surface area contributed by atoms with E-state index in [9.17, 15) is 36.3 Å². The summed E-state index contributed by atoms with van der Waals surface area (Å²) >= 11 is 0. The maximum absolute atomic E-state index is 13.2. The lowest BCUT2D eigenvalue weighted by Gasteiger charge is -2.29. The Kier molecular flexibility index (Phi) is 9.65. The Morgan fingerprint density at radius 1 is 1.12 bits per heavy atom. The van der Waals surface area contributed by atoms with Gasteiger partial charge in [0.1, 0.15) is 17.5 Å². The zero-order valence-electron chi connectivity index (χ0n) is 20.8. The van der Waals surface area contributed by atoms with Gasteiger partial charge in [-0.15, -0.1) is 13.2 Å². The van der Waals surface area contributed by atoms with Crippen molar-refractivity contribution in [1.29, 1.82) is 0 Å². The van der Waals surface area contributed by atoms with E-state index in [1.54, 1.807) is 18.2 Å². The summed E-state index contributed by atoms with van der Waals surface area (Å²) in [6.45, 7) is -0.0145. The molecule has 0 fully saturated rings. The molecule has 1 aliphatic rings. The van der Waals surface area contributed by atoms with Crippen molar-refractivity contribution in [2.24, 2.45) is 16.5 Å². The number of alkyl halides is 3. The van der Waals surface area contributed by atoms with Crippen molar-refractivity contribution >= 4 is 27.7 Å². The summed E-state index contributed by atoms with van der Waals surface area (Å²) in [5, 5.41) is 10.5. The number of hydrogen-bond donors (Lipinski definition) is 4. The molecule has 1 amide bonds. The van der Waals surface area contributed by atoms with Gasteiger partial charge in [0.2, 0.25) is 6.79 Å². The number of carbonyl (C=O) groups is 2. The summed E-state index contributed by atoms with van der Waals surface area (Å²) in [5.41, 5.74) is 13.8. The molecule has 2 aromatic rings. The molecular formula is C23H26F3N5O8S. The van der Waals surface area contributed by atoms with Crippen LogP contribution in [-0.4, -0.2) is 67.9 Å². The largest absolute Gasteiger partial charge is 0.573 e. The second-order valence-electron chi connectivity index (χ2n) is 8.37. The number of nitrogens with two attached hydrogens (primary N) is 2. The van der Waals surface area contributed by atoms with Gasteiger partial charge in [0.15, 0.2) is 27.3 Å². The molecule has 13 nitrogen and oxygen atoms in total. The third-order valence-electron chi connectivity index (χ3n) is 5.42. The molecular weight excluding hydrogens is 563 g/mol. The van der Waals surface area contributed by atoms with Crippen LogP contribution in [0.4, 0.5) is 13.2 Å². The molecule has 6 N–H and O–H groups in total. The van der Waals surface area contributed by atoms with E-state index >= 15 is 0 Å². The highest BCUT2D eigenvalue weighted by molar-refractivity contribution is 7.92. The van der Waals surface area contributed by atoms with Crippen LogP contribution in [0.5, 0.6) is 17.2 Å². The van der Waals surface area contributed by atoms with Crippen LogP contribution in [0.2, 0.25) is 0 Å². The number of ether oxygens (including phenoxy) is 3. The summed E-state index contributed by atoms with van der Waals surface area (Å²) in [5.74, 6) is -3.66. The molecule has 0 aromatic heterocycles. The number of carboxylic acids is 1. The van der Waals surface area contributed by atoms with Gasteiger partial charge in [-0.3, -0.25) is 14.8 Å². The number of carbonyl (C=O) groups excluding carboxylic acids is 1. The minimum Gasteiger partial charge on any atom is -0.480 e. The molecule has 1 heterocycles. The third-order valence-corrected chi connectivity index (χ3v) is 7.03. The molecule has 1 atom stereocenters. The molecule has 0 saturated heterocycles. The summed E-state index contributed by atoms with van der Waals surface area (Å²) in [7, 11) is -4.40. The molecule has 0 spiro atoms. The van der Waals surface area contributed by atoms with Crippen LogP contribution in [0, 0.1) is 0 Å². The number of hydrazine groups is 1. The van der Waals surface area contributed by atoms with Crippen molar-refractivity contribution in [3.63, 3.8) is 0 Å². The zero-order chi connectivity index (χ0) is 29.5.